The lowest BCUT2D eigenvalue weighted by Gasteiger charge is -2.09. The third kappa shape index (κ3) is 5.57. The van der Waals surface area contributed by atoms with E-state index in [4.69, 9.17) is 20.3 Å². The topological polar surface area (TPSA) is 111 Å². The number of carbonyl (C=O) groups excluding carboxylic acids is 2. The fourth-order valence-electron chi connectivity index (χ4n) is 1.33. The molecule has 1 aromatic carbocycles. The first-order valence-electron chi connectivity index (χ1n) is 6.04. The highest BCUT2D eigenvalue weighted by Crippen LogP contribution is 2.16. The number of nitrogens with two attached hydrogens (primary N) is 1. The maximum absolute atomic E-state index is 11.4. The number of methoxy groups -OCH3 is 1. The van der Waals surface area contributed by atoms with Crippen molar-refractivity contribution in [1.82, 2.24) is 5.32 Å². The molecule has 7 heteroatoms. The lowest BCUT2D eigenvalue weighted by molar-refractivity contribution is -0.127. The van der Waals surface area contributed by atoms with Crippen LogP contribution in [-0.4, -0.2) is 43.3 Å². The van der Waals surface area contributed by atoms with Gasteiger partial charge in [0.25, 0.3) is 0 Å². The average molecular weight is 282 g/mol. The van der Waals surface area contributed by atoms with Gasteiger partial charge in [0.05, 0.1) is 26.7 Å². The van der Waals surface area contributed by atoms with Crippen LogP contribution in [-0.2, 0) is 9.59 Å². The van der Waals surface area contributed by atoms with Gasteiger partial charge in [-0.2, -0.15) is 0 Å². The zero-order valence-corrected chi connectivity index (χ0v) is 11.2. The van der Waals surface area contributed by atoms with Gasteiger partial charge >= 0.3 is 0 Å². The smallest absolute Gasteiger partial charge is 0.248 e. The summed E-state index contributed by atoms with van der Waals surface area (Å²) in [5, 5.41) is 11.5. The lowest BCUT2D eigenvalue weighted by atomic mass is 10.3. The number of ether oxygens (including phenoxy) is 2. The molecule has 20 heavy (non-hydrogen) atoms. The van der Waals surface area contributed by atoms with Gasteiger partial charge in [0, 0.05) is 0 Å². The van der Waals surface area contributed by atoms with Crippen molar-refractivity contribution in [2.75, 3.05) is 20.3 Å². The number of amides is 2. The van der Waals surface area contributed by atoms with Gasteiger partial charge in [-0.15, -0.1) is 0 Å². The Morgan fingerprint density at radius 1 is 1.30 bits per heavy atom. The number of hydrogen-bond acceptors (Lipinski definition) is 5. The molecule has 0 saturated heterocycles. The van der Waals surface area contributed by atoms with Gasteiger partial charge in [-0.1, -0.05) is 0 Å². The van der Waals surface area contributed by atoms with E-state index in [-0.39, 0.29) is 25.5 Å². The first-order valence-corrected chi connectivity index (χ1v) is 6.04. The van der Waals surface area contributed by atoms with E-state index in [1.807, 2.05) is 0 Å². The number of rotatable bonds is 8. The maximum Gasteiger partial charge on any atom is 0.248 e. The zero-order valence-electron chi connectivity index (χ0n) is 11.2. The van der Waals surface area contributed by atoms with Crippen LogP contribution in [0.25, 0.3) is 0 Å². The van der Waals surface area contributed by atoms with E-state index in [2.05, 4.69) is 5.32 Å². The molecule has 110 valence electrons. The minimum Gasteiger partial charge on any atom is -0.497 e. The summed E-state index contributed by atoms with van der Waals surface area (Å²) in [6.45, 7) is -0.0124. The average Bonchev–Trinajstić information content (AvgIpc) is 2.45. The van der Waals surface area contributed by atoms with Crippen LogP contribution in [0.1, 0.15) is 6.42 Å². The van der Waals surface area contributed by atoms with Gasteiger partial charge in [0.15, 0.2) is 0 Å². The number of primary amides is 1. The Morgan fingerprint density at radius 3 is 2.45 bits per heavy atom. The molecule has 1 unspecified atom stereocenters. The number of aliphatic hydroxyl groups is 1. The molecule has 0 bridgehead atoms. The van der Waals surface area contributed by atoms with Crippen LogP contribution in [0, 0.1) is 0 Å². The summed E-state index contributed by atoms with van der Waals surface area (Å²) in [4.78, 5) is 21.9. The van der Waals surface area contributed by atoms with Crippen molar-refractivity contribution in [3.8, 4) is 11.5 Å². The first-order chi connectivity index (χ1) is 9.52. The Kier molecular flexibility index (Phi) is 6.31. The van der Waals surface area contributed by atoms with Gasteiger partial charge < -0.3 is 25.6 Å². The van der Waals surface area contributed by atoms with Crippen LogP contribution in [0.3, 0.4) is 0 Å². The van der Waals surface area contributed by atoms with Crippen LogP contribution in [0.4, 0.5) is 0 Å². The maximum atomic E-state index is 11.4. The Bertz CT molecular complexity index is 447. The number of aliphatic hydroxyl groups excluding tert-OH is 1. The molecule has 1 atom stereocenters. The molecule has 2 amide bonds. The highest BCUT2D eigenvalue weighted by molar-refractivity contribution is 5.80. The van der Waals surface area contributed by atoms with Crippen molar-refractivity contribution in [1.29, 1.82) is 0 Å². The summed E-state index contributed by atoms with van der Waals surface area (Å²) in [5.41, 5.74) is 4.85. The van der Waals surface area contributed by atoms with Crippen LogP contribution in [0.5, 0.6) is 11.5 Å². The molecule has 0 aliphatic heterocycles. The third-order valence-corrected chi connectivity index (χ3v) is 2.48. The molecule has 0 aliphatic carbocycles. The number of carbonyl (C=O) groups is 2. The fourth-order valence-corrected chi connectivity index (χ4v) is 1.33. The molecule has 7 nitrogen and oxygen atoms in total. The van der Waals surface area contributed by atoms with Gasteiger partial charge in [-0.3, -0.25) is 9.59 Å². The van der Waals surface area contributed by atoms with Crippen LogP contribution in [0.2, 0.25) is 0 Å². The molecule has 4 N–H and O–H groups in total. The number of benzene rings is 1. The third-order valence-electron chi connectivity index (χ3n) is 2.48. The van der Waals surface area contributed by atoms with E-state index in [0.29, 0.717) is 5.75 Å². The van der Waals surface area contributed by atoms with E-state index in [1.54, 1.807) is 31.4 Å². The first kappa shape index (κ1) is 15.8. The zero-order chi connectivity index (χ0) is 15.0. The number of nitrogens with one attached hydrogen (secondary N) is 1. The molecule has 0 aromatic heterocycles. The molecule has 0 spiro atoms. The SMILES string of the molecule is COc1ccc(OCCC(=O)NCC(O)C(N)=O)cc1. The fraction of sp³-hybridized carbons (Fsp3) is 0.385. The van der Waals surface area contributed by atoms with Crippen molar-refractivity contribution in [2.45, 2.75) is 12.5 Å². The van der Waals surface area contributed by atoms with Crippen molar-refractivity contribution < 1.29 is 24.2 Å². The molecule has 0 aliphatic rings. The Morgan fingerprint density at radius 2 is 1.90 bits per heavy atom. The van der Waals surface area contributed by atoms with Gasteiger partial charge in [-0.25, -0.2) is 0 Å². The second kappa shape index (κ2) is 8.00. The molecule has 1 aromatic rings. The molecular formula is C13H18N2O5. The summed E-state index contributed by atoms with van der Waals surface area (Å²) in [6, 6.07) is 6.96. The van der Waals surface area contributed by atoms with Crippen molar-refractivity contribution in [3.05, 3.63) is 24.3 Å². The summed E-state index contributed by atoms with van der Waals surface area (Å²) in [6.07, 6.45) is -1.27. The highest BCUT2D eigenvalue weighted by atomic mass is 16.5. The molecule has 0 fully saturated rings. The molecule has 0 saturated carbocycles. The number of hydrogen-bond donors (Lipinski definition) is 3. The standard InChI is InChI=1S/C13H18N2O5/c1-19-9-2-4-10(5-3-9)20-7-6-12(17)15-8-11(16)13(14)18/h2-5,11,16H,6-8H2,1H3,(H2,14,18)(H,15,17). The van der Waals surface area contributed by atoms with Gasteiger partial charge in [0.1, 0.15) is 17.6 Å². The van der Waals surface area contributed by atoms with Crippen LogP contribution in [0.15, 0.2) is 24.3 Å². The minimum atomic E-state index is -1.37. The predicted molar refractivity (Wildman–Crippen MR) is 71.3 cm³/mol. The lowest BCUT2D eigenvalue weighted by Crippen LogP contribution is -2.40. The molecule has 1 rings (SSSR count). The second-order valence-electron chi connectivity index (χ2n) is 4.00. The largest absolute Gasteiger partial charge is 0.497 e. The summed E-state index contributed by atoms with van der Waals surface area (Å²) >= 11 is 0. The highest BCUT2D eigenvalue weighted by Gasteiger charge is 2.11. The molecule has 0 heterocycles. The van der Waals surface area contributed by atoms with Crippen molar-refractivity contribution in [2.24, 2.45) is 5.73 Å². The monoisotopic (exact) mass is 282 g/mol. The summed E-state index contributed by atoms with van der Waals surface area (Å²) < 4.78 is 10.4. The van der Waals surface area contributed by atoms with E-state index in [9.17, 15) is 9.59 Å². The van der Waals surface area contributed by atoms with Crippen molar-refractivity contribution in [3.63, 3.8) is 0 Å². The molecular weight excluding hydrogens is 264 g/mol. The predicted octanol–water partition coefficient (Wildman–Crippen LogP) is -0.573. The molecule has 0 radical (unpaired) electrons. The summed E-state index contributed by atoms with van der Waals surface area (Å²) in [7, 11) is 1.57. The quantitative estimate of drug-likeness (QED) is 0.591. The van der Waals surface area contributed by atoms with Crippen molar-refractivity contribution >= 4 is 11.8 Å². The van der Waals surface area contributed by atoms with E-state index in [1.165, 1.54) is 0 Å². The minimum absolute atomic E-state index is 0.109. The summed E-state index contributed by atoms with van der Waals surface area (Å²) in [5.74, 6) is 0.130. The van der Waals surface area contributed by atoms with Gasteiger partial charge in [-0.05, 0) is 24.3 Å². The Hall–Kier alpha value is -2.28. The van der Waals surface area contributed by atoms with E-state index in [0.717, 1.165) is 5.75 Å². The van der Waals surface area contributed by atoms with E-state index >= 15 is 0 Å². The second-order valence-corrected chi connectivity index (χ2v) is 4.00. The normalized spacial score (nSPS) is 11.5. The van der Waals surface area contributed by atoms with Gasteiger partial charge in [0.2, 0.25) is 11.8 Å². The van der Waals surface area contributed by atoms with Crippen LogP contribution >= 0.6 is 0 Å². The Labute approximate surface area is 116 Å². The van der Waals surface area contributed by atoms with Crippen LogP contribution < -0.4 is 20.5 Å². The van der Waals surface area contributed by atoms with E-state index < -0.39 is 12.0 Å². The Balaban J connectivity index is 2.22.